The van der Waals surface area contributed by atoms with Gasteiger partial charge in [0.15, 0.2) is 0 Å². The van der Waals surface area contributed by atoms with E-state index in [0.717, 1.165) is 11.4 Å². The Morgan fingerprint density at radius 1 is 1.31 bits per heavy atom. The zero-order chi connectivity index (χ0) is 9.42. The minimum atomic E-state index is -0.0822. The molecule has 2 N–H and O–H groups in total. The predicted molar refractivity (Wildman–Crippen MR) is 51.4 cm³/mol. The molecule has 0 bridgehead atoms. The average Bonchev–Trinajstić information content (AvgIpc) is 2.15. The second kappa shape index (κ2) is 2.74. The van der Waals surface area contributed by atoms with Gasteiger partial charge in [-0.05, 0) is 12.1 Å². The largest absolute Gasteiger partial charge is 0.363 e. The Morgan fingerprint density at radius 3 is 2.62 bits per heavy atom. The van der Waals surface area contributed by atoms with E-state index in [0.29, 0.717) is 6.54 Å². The smallest absolute Gasteiger partial charge is 0.260 e. The van der Waals surface area contributed by atoms with Crippen LogP contribution in [0.1, 0.15) is 0 Å². The lowest BCUT2D eigenvalue weighted by molar-refractivity contribution is -0.117. The van der Waals surface area contributed by atoms with Crippen LogP contribution in [0.3, 0.4) is 0 Å². The number of hydrazine groups is 1. The number of carbonyl (C=O) groups is 1. The second-order valence-corrected chi connectivity index (χ2v) is 3.11. The van der Waals surface area contributed by atoms with Crippen molar-refractivity contribution in [3.8, 4) is 0 Å². The Kier molecular flexibility index (Phi) is 1.70. The maximum Gasteiger partial charge on any atom is 0.260 e. The van der Waals surface area contributed by atoms with Gasteiger partial charge in [-0.2, -0.15) is 0 Å². The van der Waals surface area contributed by atoms with Crippen molar-refractivity contribution in [1.82, 2.24) is 0 Å². The van der Waals surface area contributed by atoms with Crippen LogP contribution in [0.5, 0.6) is 0 Å². The average molecular weight is 177 g/mol. The highest BCUT2D eigenvalue weighted by Gasteiger charge is 2.24. The van der Waals surface area contributed by atoms with Gasteiger partial charge in [-0.25, -0.2) is 10.9 Å². The second-order valence-electron chi connectivity index (χ2n) is 3.11. The van der Waals surface area contributed by atoms with Crippen molar-refractivity contribution in [2.75, 3.05) is 23.5 Å². The van der Waals surface area contributed by atoms with Crippen molar-refractivity contribution >= 4 is 17.3 Å². The van der Waals surface area contributed by atoms with Crippen LogP contribution in [0.15, 0.2) is 24.3 Å². The van der Waals surface area contributed by atoms with Gasteiger partial charge >= 0.3 is 0 Å². The van der Waals surface area contributed by atoms with Crippen molar-refractivity contribution in [2.45, 2.75) is 0 Å². The van der Waals surface area contributed by atoms with Gasteiger partial charge in [0.2, 0.25) is 0 Å². The number of likely N-dealkylation sites (N-methyl/N-ethyl adjacent to an activating group) is 1. The molecule has 0 fully saturated rings. The number of amides is 1. The van der Waals surface area contributed by atoms with Crippen molar-refractivity contribution in [3.63, 3.8) is 0 Å². The van der Waals surface area contributed by atoms with E-state index in [-0.39, 0.29) is 5.91 Å². The molecule has 1 amide bonds. The van der Waals surface area contributed by atoms with E-state index in [2.05, 4.69) is 0 Å². The first kappa shape index (κ1) is 8.07. The molecule has 4 heteroatoms. The molecule has 0 radical (unpaired) electrons. The van der Waals surface area contributed by atoms with Crippen LogP contribution in [-0.4, -0.2) is 19.5 Å². The molecule has 1 aliphatic heterocycles. The molecule has 1 aliphatic rings. The highest BCUT2D eigenvalue weighted by atomic mass is 16.2. The number of nitrogens with two attached hydrogens (primary N) is 1. The van der Waals surface area contributed by atoms with Crippen LogP contribution in [0.2, 0.25) is 0 Å². The highest BCUT2D eigenvalue weighted by Crippen LogP contribution is 2.29. The number of hydrogen-bond acceptors (Lipinski definition) is 3. The standard InChI is InChI=1S/C9H11N3O/c1-11-6-9(13)12(10)8-5-3-2-4-7(8)11/h2-5H,6,10H2,1H3. The molecule has 0 spiro atoms. The molecule has 2 rings (SSSR count). The minimum Gasteiger partial charge on any atom is -0.363 e. The summed E-state index contributed by atoms with van der Waals surface area (Å²) in [7, 11) is 1.88. The van der Waals surface area contributed by atoms with Gasteiger partial charge in [-0.15, -0.1) is 0 Å². The summed E-state index contributed by atoms with van der Waals surface area (Å²) >= 11 is 0. The van der Waals surface area contributed by atoms with Crippen molar-refractivity contribution < 1.29 is 4.79 Å². The summed E-state index contributed by atoms with van der Waals surface area (Å²) in [6.45, 7) is 0.341. The predicted octanol–water partition coefficient (Wildman–Crippen LogP) is 0.343. The maximum absolute atomic E-state index is 11.3. The third-order valence-corrected chi connectivity index (χ3v) is 2.19. The first-order valence-electron chi connectivity index (χ1n) is 4.08. The van der Waals surface area contributed by atoms with Gasteiger partial charge < -0.3 is 4.90 Å². The Balaban J connectivity index is 2.53. The fourth-order valence-corrected chi connectivity index (χ4v) is 1.49. The van der Waals surface area contributed by atoms with E-state index in [1.54, 1.807) is 0 Å². The zero-order valence-corrected chi connectivity index (χ0v) is 7.40. The number of fused-ring (bicyclic) bond motifs is 1. The fourth-order valence-electron chi connectivity index (χ4n) is 1.49. The number of anilines is 2. The summed E-state index contributed by atoms with van der Waals surface area (Å²) in [6, 6.07) is 7.58. The van der Waals surface area contributed by atoms with E-state index in [1.165, 1.54) is 5.01 Å². The molecule has 4 nitrogen and oxygen atoms in total. The Morgan fingerprint density at radius 2 is 1.92 bits per heavy atom. The van der Waals surface area contributed by atoms with Crippen molar-refractivity contribution in [2.24, 2.45) is 5.84 Å². The normalized spacial score (nSPS) is 16.0. The van der Waals surface area contributed by atoms with E-state index in [9.17, 15) is 4.79 Å². The molecular weight excluding hydrogens is 166 g/mol. The summed E-state index contributed by atoms with van der Waals surface area (Å²) in [5.41, 5.74) is 1.76. The van der Waals surface area contributed by atoms with Gasteiger partial charge in [0.25, 0.3) is 5.91 Å². The highest BCUT2D eigenvalue weighted by molar-refractivity contribution is 6.02. The quantitative estimate of drug-likeness (QED) is 0.459. The minimum absolute atomic E-state index is 0.0822. The van der Waals surface area contributed by atoms with Crippen LogP contribution in [-0.2, 0) is 4.79 Å². The first-order chi connectivity index (χ1) is 6.20. The van der Waals surface area contributed by atoms with Crippen LogP contribution < -0.4 is 15.8 Å². The lowest BCUT2D eigenvalue weighted by Gasteiger charge is -2.32. The Hall–Kier alpha value is -1.55. The molecule has 1 heterocycles. The molecule has 1 aromatic carbocycles. The van der Waals surface area contributed by atoms with E-state index < -0.39 is 0 Å². The third kappa shape index (κ3) is 1.15. The van der Waals surface area contributed by atoms with Crippen LogP contribution in [0.25, 0.3) is 0 Å². The number of nitrogens with zero attached hydrogens (tertiary/aromatic N) is 2. The van der Waals surface area contributed by atoms with Gasteiger partial charge in [0.05, 0.1) is 17.9 Å². The molecule has 0 atom stereocenters. The number of para-hydroxylation sites is 2. The molecular formula is C9H11N3O. The summed E-state index contributed by atoms with van der Waals surface area (Å²) in [5.74, 6) is 5.53. The lowest BCUT2D eigenvalue weighted by atomic mass is 10.2. The maximum atomic E-state index is 11.3. The molecule has 0 saturated heterocycles. The van der Waals surface area contributed by atoms with Gasteiger partial charge in [0, 0.05) is 7.05 Å². The molecule has 68 valence electrons. The third-order valence-electron chi connectivity index (χ3n) is 2.19. The van der Waals surface area contributed by atoms with Crippen LogP contribution in [0, 0.1) is 0 Å². The summed E-state index contributed by atoms with van der Waals surface area (Å²) in [5, 5.41) is 1.20. The van der Waals surface area contributed by atoms with E-state index in [4.69, 9.17) is 5.84 Å². The number of carbonyl (C=O) groups excluding carboxylic acids is 1. The molecule has 0 aromatic heterocycles. The van der Waals surface area contributed by atoms with Crippen LogP contribution >= 0.6 is 0 Å². The number of rotatable bonds is 0. The number of hydrogen-bond donors (Lipinski definition) is 1. The summed E-state index contributed by atoms with van der Waals surface area (Å²) < 4.78 is 0. The fraction of sp³-hybridized carbons (Fsp3) is 0.222. The monoisotopic (exact) mass is 177 g/mol. The van der Waals surface area contributed by atoms with Gasteiger partial charge in [-0.3, -0.25) is 4.79 Å². The Bertz CT molecular complexity index is 350. The van der Waals surface area contributed by atoms with Crippen molar-refractivity contribution in [1.29, 1.82) is 0 Å². The van der Waals surface area contributed by atoms with Gasteiger partial charge in [0.1, 0.15) is 0 Å². The molecule has 0 unspecified atom stereocenters. The molecule has 0 saturated carbocycles. The lowest BCUT2D eigenvalue weighted by Crippen LogP contribution is -2.48. The topological polar surface area (TPSA) is 49.6 Å². The van der Waals surface area contributed by atoms with Gasteiger partial charge in [-0.1, -0.05) is 12.1 Å². The summed E-state index contributed by atoms with van der Waals surface area (Å²) in [4.78, 5) is 13.2. The number of benzene rings is 1. The Labute approximate surface area is 76.5 Å². The SMILES string of the molecule is CN1CC(=O)N(N)c2ccccc21. The molecule has 0 aliphatic carbocycles. The van der Waals surface area contributed by atoms with E-state index >= 15 is 0 Å². The zero-order valence-electron chi connectivity index (χ0n) is 7.40. The van der Waals surface area contributed by atoms with Crippen molar-refractivity contribution in [3.05, 3.63) is 24.3 Å². The molecule has 1 aromatic rings. The molecule has 13 heavy (non-hydrogen) atoms. The first-order valence-corrected chi connectivity index (χ1v) is 4.08. The van der Waals surface area contributed by atoms with E-state index in [1.807, 2.05) is 36.2 Å². The summed E-state index contributed by atoms with van der Waals surface area (Å²) in [6.07, 6.45) is 0. The van der Waals surface area contributed by atoms with Crippen LogP contribution in [0.4, 0.5) is 11.4 Å².